The fourth-order valence-corrected chi connectivity index (χ4v) is 6.93. The van der Waals surface area contributed by atoms with E-state index in [4.69, 9.17) is 0 Å². The number of amides is 1. The molecule has 0 bridgehead atoms. The lowest BCUT2D eigenvalue weighted by Crippen LogP contribution is -2.28. The van der Waals surface area contributed by atoms with Crippen molar-refractivity contribution in [3.63, 3.8) is 0 Å². The van der Waals surface area contributed by atoms with Crippen molar-refractivity contribution in [2.75, 3.05) is 29.7 Å². The third kappa shape index (κ3) is 4.60. The third-order valence-electron chi connectivity index (χ3n) is 5.60. The van der Waals surface area contributed by atoms with Crippen molar-refractivity contribution in [3.05, 3.63) is 59.7 Å². The van der Waals surface area contributed by atoms with Gasteiger partial charge in [0.05, 0.1) is 16.3 Å². The van der Waals surface area contributed by atoms with Gasteiger partial charge < -0.3 is 5.32 Å². The molecule has 0 saturated carbocycles. The van der Waals surface area contributed by atoms with Crippen LogP contribution >= 0.6 is 0 Å². The molecule has 4 rings (SSSR count). The summed E-state index contributed by atoms with van der Waals surface area (Å²) in [6.07, 6.45) is 2.37. The lowest BCUT2D eigenvalue weighted by molar-refractivity contribution is 0.0951. The Bertz CT molecular complexity index is 1150. The summed E-state index contributed by atoms with van der Waals surface area (Å²) in [6.45, 7) is 1.83. The van der Waals surface area contributed by atoms with Gasteiger partial charge in [-0.25, -0.2) is 16.8 Å². The standard InChI is InChI=1S/C21H25N3O5S2/c25-21(18-6-8-19(9-7-18)24-14-3-15-30(24,26)27)22-16-17-4-10-20(11-5-17)31(28,29)23-12-1-2-13-23/h4-11H,1-3,12-16H2,(H,22,25). The third-order valence-corrected chi connectivity index (χ3v) is 9.38. The van der Waals surface area contributed by atoms with Crippen LogP contribution in [0, 0.1) is 0 Å². The van der Waals surface area contributed by atoms with Crippen molar-refractivity contribution in [2.24, 2.45) is 0 Å². The van der Waals surface area contributed by atoms with Crippen LogP contribution in [0.5, 0.6) is 0 Å². The van der Waals surface area contributed by atoms with Crippen molar-refractivity contribution in [3.8, 4) is 0 Å². The highest BCUT2D eigenvalue weighted by Crippen LogP contribution is 2.24. The molecular formula is C21H25N3O5S2. The predicted octanol–water partition coefficient (Wildman–Crippen LogP) is 1.94. The van der Waals surface area contributed by atoms with E-state index in [1.807, 2.05) is 0 Å². The first-order valence-electron chi connectivity index (χ1n) is 10.3. The molecule has 166 valence electrons. The molecule has 10 heteroatoms. The van der Waals surface area contributed by atoms with Gasteiger partial charge in [0.15, 0.2) is 0 Å². The molecule has 1 amide bonds. The maximum atomic E-state index is 12.6. The number of sulfonamides is 2. The molecular weight excluding hydrogens is 438 g/mol. The van der Waals surface area contributed by atoms with E-state index in [2.05, 4.69) is 5.32 Å². The SMILES string of the molecule is O=C(NCc1ccc(S(=O)(=O)N2CCCC2)cc1)c1ccc(N2CCCS2(=O)=O)cc1. The van der Waals surface area contributed by atoms with Gasteiger partial charge in [-0.05, 0) is 61.2 Å². The highest BCUT2D eigenvalue weighted by Gasteiger charge is 2.28. The van der Waals surface area contributed by atoms with Crippen molar-refractivity contribution >= 4 is 31.6 Å². The van der Waals surface area contributed by atoms with Gasteiger partial charge in [0.25, 0.3) is 5.91 Å². The van der Waals surface area contributed by atoms with Gasteiger partial charge in [-0.1, -0.05) is 12.1 Å². The topological polar surface area (TPSA) is 104 Å². The number of hydrogen-bond acceptors (Lipinski definition) is 5. The lowest BCUT2D eigenvalue weighted by Gasteiger charge is -2.17. The molecule has 0 aromatic heterocycles. The number of anilines is 1. The number of carbonyl (C=O) groups is 1. The largest absolute Gasteiger partial charge is 0.348 e. The van der Waals surface area contributed by atoms with E-state index in [1.54, 1.807) is 48.5 Å². The van der Waals surface area contributed by atoms with Crippen LogP contribution in [0.4, 0.5) is 5.69 Å². The molecule has 2 fully saturated rings. The summed E-state index contributed by atoms with van der Waals surface area (Å²) >= 11 is 0. The maximum Gasteiger partial charge on any atom is 0.251 e. The smallest absolute Gasteiger partial charge is 0.251 e. The van der Waals surface area contributed by atoms with E-state index in [0.717, 1.165) is 18.4 Å². The summed E-state index contributed by atoms with van der Waals surface area (Å²) in [5, 5.41) is 2.80. The van der Waals surface area contributed by atoms with E-state index in [9.17, 15) is 21.6 Å². The van der Waals surface area contributed by atoms with Crippen LogP contribution in [0.25, 0.3) is 0 Å². The summed E-state index contributed by atoms with van der Waals surface area (Å²) in [4.78, 5) is 12.7. The van der Waals surface area contributed by atoms with Crippen LogP contribution < -0.4 is 9.62 Å². The van der Waals surface area contributed by atoms with Crippen LogP contribution in [0.3, 0.4) is 0 Å². The van der Waals surface area contributed by atoms with Crippen LogP contribution in [-0.2, 0) is 26.6 Å². The van der Waals surface area contributed by atoms with Crippen molar-refractivity contribution in [2.45, 2.75) is 30.7 Å². The molecule has 0 unspecified atom stereocenters. The van der Waals surface area contributed by atoms with E-state index in [-0.39, 0.29) is 23.1 Å². The first kappa shape index (κ1) is 21.8. The van der Waals surface area contributed by atoms with Gasteiger partial charge in [0.1, 0.15) is 0 Å². The molecule has 2 heterocycles. The molecule has 8 nitrogen and oxygen atoms in total. The molecule has 2 aliphatic heterocycles. The van der Waals surface area contributed by atoms with Crippen molar-refractivity contribution in [1.82, 2.24) is 9.62 Å². The molecule has 0 radical (unpaired) electrons. The van der Waals surface area contributed by atoms with E-state index >= 15 is 0 Å². The number of benzene rings is 2. The average molecular weight is 464 g/mol. The van der Waals surface area contributed by atoms with Crippen LogP contribution in [0.2, 0.25) is 0 Å². The second-order valence-electron chi connectivity index (χ2n) is 7.73. The Balaban J connectivity index is 1.36. The first-order chi connectivity index (χ1) is 14.8. The second-order valence-corrected chi connectivity index (χ2v) is 11.7. The molecule has 31 heavy (non-hydrogen) atoms. The molecule has 2 aliphatic rings. The summed E-state index contributed by atoms with van der Waals surface area (Å²) in [5.74, 6) is -0.141. The molecule has 2 aromatic rings. The zero-order valence-electron chi connectivity index (χ0n) is 17.0. The Kier molecular flexibility index (Phi) is 6.05. The van der Waals surface area contributed by atoms with Gasteiger partial charge in [-0.2, -0.15) is 4.31 Å². The van der Waals surface area contributed by atoms with Crippen LogP contribution in [0.15, 0.2) is 53.4 Å². The maximum absolute atomic E-state index is 12.6. The highest BCUT2D eigenvalue weighted by atomic mass is 32.2. The molecule has 1 N–H and O–H groups in total. The molecule has 2 saturated heterocycles. The Morgan fingerprint density at radius 3 is 2.13 bits per heavy atom. The normalized spacial score (nSPS) is 18.9. The minimum atomic E-state index is -3.45. The monoisotopic (exact) mass is 463 g/mol. The van der Waals surface area contributed by atoms with Gasteiger partial charge in [0, 0.05) is 31.7 Å². The number of carbonyl (C=O) groups excluding carboxylic acids is 1. The number of nitrogens with zero attached hydrogens (tertiary/aromatic N) is 2. The van der Waals surface area contributed by atoms with Gasteiger partial charge in [-0.15, -0.1) is 0 Å². The number of hydrogen-bond donors (Lipinski definition) is 1. The Hall–Kier alpha value is -2.43. The van der Waals surface area contributed by atoms with Gasteiger partial charge in [-0.3, -0.25) is 9.10 Å². The van der Waals surface area contributed by atoms with Gasteiger partial charge >= 0.3 is 0 Å². The first-order valence-corrected chi connectivity index (χ1v) is 13.3. The lowest BCUT2D eigenvalue weighted by atomic mass is 10.1. The van der Waals surface area contributed by atoms with Gasteiger partial charge in [0.2, 0.25) is 20.0 Å². The van der Waals surface area contributed by atoms with Crippen molar-refractivity contribution < 1.29 is 21.6 Å². The Morgan fingerprint density at radius 2 is 1.55 bits per heavy atom. The molecule has 2 aromatic carbocycles. The fraction of sp³-hybridized carbons (Fsp3) is 0.381. The Labute approximate surface area is 183 Å². The highest BCUT2D eigenvalue weighted by molar-refractivity contribution is 7.93. The van der Waals surface area contributed by atoms with E-state index in [1.165, 1.54) is 8.61 Å². The summed E-state index contributed by atoms with van der Waals surface area (Å²) in [6, 6.07) is 13.0. The van der Waals surface area contributed by atoms with E-state index in [0.29, 0.717) is 37.3 Å². The van der Waals surface area contributed by atoms with Crippen LogP contribution in [-0.4, -0.2) is 52.4 Å². The zero-order chi connectivity index (χ0) is 22.1. The van der Waals surface area contributed by atoms with Crippen LogP contribution in [0.1, 0.15) is 35.2 Å². The fourth-order valence-electron chi connectivity index (χ4n) is 3.85. The van der Waals surface area contributed by atoms with E-state index < -0.39 is 20.0 Å². The molecule has 0 atom stereocenters. The second kappa shape index (κ2) is 8.60. The minimum absolute atomic E-state index is 0.146. The van der Waals surface area contributed by atoms with Crippen molar-refractivity contribution in [1.29, 1.82) is 0 Å². The summed E-state index contributed by atoms with van der Waals surface area (Å²) < 4.78 is 52.0. The predicted molar refractivity (Wildman–Crippen MR) is 118 cm³/mol. The molecule has 0 spiro atoms. The Morgan fingerprint density at radius 1 is 0.903 bits per heavy atom. The number of nitrogens with one attached hydrogen (secondary N) is 1. The quantitative estimate of drug-likeness (QED) is 0.705. The summed E-state index contributed by atoms with van der Waals surface area (Å²) in [5.41, 5.74) is 1.77. The summed E-state index contributed by atoms with van der Waals surface area (Å²) in [7, 11) is -6.70. The molecule has 0 aliphatic carbocycles. The minimum Gasteiger partial charge on any atom is -0.348 e. The number of rotatable bonds is 6. The zero-order valence-corrected chi connectivity index (χ0v) is 18.7. The average Bonchev–Trinajstić information content (AvgIpc) is 3.42.